The van der Waals surface area contributed by atoms with Crippen molar-refractivity contribution in [3.63, 3.8) is 0 Å². The number of nitrogens with one attached hydrogen (secondary N) is 1. The minimum Gasteiger partial charge on any atom is -0.494 e. The molecule has 130 valence electrons. The van der Waals surface area contributed by atoms with Crippen molar-refractivity contribution in [2.24, 2.45) is 7.05 Å². The number of hydrogen-bond donors (Lipinski definition) is 1. The Morgan fingerprint density at radius 3 is 2.76 bits per heavy atom. The molecule has 0 aliphatic rings. The van der Waals surface area contributed by atoms with Gasteiger partial charge in [-0.2, -0.15) is 5.10 Å². The SMILES string of the molecule is CCOC(=O)c1[nH]cc(-c2cccc(OC)c2F)c1-c1ccn(C)n1. The lowest BCUT2D eigenvalue weighted by Crippen LogP contribution is -2.07. The van der Waals surface area contributed by atoms with Crippen LogP contribution in [0.5, 0.6) is 5.75 Å². The molecule has 0 spiro atoms. The van der Waals surface area contributed by atoms with E-state index < -0.39 is 11.8 Å². The van der Waals surface area contributed by atoms with E-state index in [1.54, 1.807) is 49.2 Å². The number of aryl methyl sites for hydroxylation is 1. The molecule has 0 saturated heterocycles. The van der Waals surface area contributed by atoms with E-state index in [9.17, 15) is 9.18 Å². The van der Waals surface area contributed by atoms with Crippen molar-refractivity contribution in [3.05, 3.63) is 48.2 Å². The van der Waals surface area contributed by atoms with Gasteiger partial charge in [0, 0.05) is 36.1 Å². The van der Waals surface area contributed by atoms with Gasteiger partial charge in [-0.1, -0.05) is 12.1 Å². The zero-order valence-electron chi connectivity index (χ0n) is 14.2. The molecule has 25 heavy (non-hydrogen) atoms. The molecular weight excluding hydrogens is 325 g/mol. The van der Waals surface area contributed by atoms with Crippen LogP contribution in [0.4, 0.5) is 4.39 Å². The number of hydrogen-bond acceptors (Lipinski definition) is 4. The quantitative estimate of drug-likeness (QED) is 0.721. The van der Waals surface area contributed by atoms with E-state index in [1.165, 1.54) is 13.2 Å². The number of methoxy groups -OCH3 is 1. The van der Waals surface area contributed by atoms with E-state index in [-0.39, 0.29) is 18.1 Å². The minimum atomic E-state index is -0.516. The first-order valence-electron chi connectivity index (χ1n) is 7.78. The monoisotopic (exact) mass is 343 g/mol. The smallest absolute Gasteiger partial charge is 0.355 e. The highest BCUT2D eigenvalue weighted by Crippen LogP contribution is 2.37. The van der Waals surface area contributed by atoms with Gasteiger partial charge in [-0.3, -0.25) is 4.68 Å². The maximum atomic E-state index is 14.7. The summed E-state index contributed by atoms with van der Waals surface area (Å²) in [6.07, 6.45) is 3.33. The lowest BCUT2D eigenvalue weighted by atomic mass is 9.99. The zero-order chi connectivity index (χ0) is 18.0. The molecule has 2 heterocycles. The lowest BCUT2D eigenvalue weighted by Gasteiger charge is -2.09. The molecule has 0 radical (unpaired) electrons. The number of benzene rings is 1. The molecule has 0 aliphatic heterocycles. The number of H-pyrrole nitrogens is 1. The molecule has 0 aliphatic carbocycles. The molecule has 7 heteroatoms. The molecule has 2 aromatic heterocycles. The number of ether oxygens (including phenoxy) is 2. The topological polar surface area (TPSA) is 69.1 Å². The molecule has 1 N–H and O–H groups in total. The summed E-state index contributed by atoms with van der Waals surface area (Å²) in [5.74, 6) is -0.891. The van der Waals surface area contributed by atoms with Gasteiger partial charge in [0.05, 0.1) is 19.4 Å². The van der Waals surface area contributed by atoms with E-state index in [0.717, 1.165) is 0 Å². The first-order valence-corrected chi connectivity index (χ1v) is 7.78. The van der Waals surface area contributed by atoms with Crippen LogP contribution < -0.4 is 4.74 Å². The Morgan fingerprint density at radius 1 is 1.32 bits per heavy atom. The van der Waals surface area contributed by atoms with E-state index in [4.69, 9.17) is 9.47 Å². The minimum absolute atomic E-state index is 0.128. The summed E-state index contributed by atoms with van der Waals surface area (Å²) in [4.78, 5) is 15.2. The van der Waals surface area contributed by atoms with Crippen LogP contribution in [0.1, 0.15) is 17.4 Å². The predicted molar refractivity (Wildman–Crippen MR) is 90.9 cm³/mol. The second-order valence-electron chi connectivity index (χ2n) is 5.37. The number of halogens is 1. The van der Waals surface area contributed by atoms with Gasteiger partial charge < -0.3 is 14.5 Å². The third-order valence-corrected chi connectivity index (χ3v) is 3.80. The van der Waals surface area contributed by atoms with Gasteiger partial charge in [0.1, 0.15) is 5.69 Å². The number of carbonyl (C=O) groups excluding carboxylic acids is 1. The van der Waals surface area contributed by atoms with Crippen molar-refractivity contribution in [1.82, 2.24) is 14.8 Å². The molecule has 1 aromatic carbocycles. The van der Waals surface area contributed by atoms with Crippen LogP contribution in [-0.2, 0) is 11.8 Å². The summed E-state index contributed by atoms with van der Waals surface area (Å²) in [6, 6.07) is 6.62. The van der Waals surface area contributed by atoms with Gasteiger partial charge in [-0.05, 0) is 19.1 Å². The second kappa shape index (κ2) is 6.80. The highest BCUT2D eigenvalue weighted by Gasteiger charge is 2.24. The largest absolute Gasteiger partial charge is 0.494 e. The Morgan fingerprint density at radius 2 is 2.12 bits per heavy atom. The molecule has 6 nitrogen and oxygen atoms in total. The van der Waals surface area contributed by atoms with Gasteiger partial charge in [-0.25, -0.2) is 9.18 Å². The van der Waals surface area contributed by atoms with Crippen LogP contribution in [0, 0.1) is 5.82 Å². The molecular formula is C18H18FN3O3. The number of aromatic nitrogens is 3. The fraction of sp³-hybridized carbons (Fsp3) is 0.222. The third kappa shape index (κ3) is 3.00. The van der Waals surface area contributed by atoms with Crippen LogP contribution in [0.25, 0.3) is 22.4 Å². The van der Waals surface area contributed by atoms with Crippen LogP contribution in [0.15, 0.2) is 36.7 Å². The number of nitrogens with zero attached hydrogens (tertiary/aromatic N) is 2. The molecule has 0 fully saturated rings. The van der Waals surface area contributed by atoms with Crippen molar-refractivity contribution >= 4 is 5.97 Å². The summed E-state index contributed by atoms with van der Waals surface area (Å²) in [5.41, 5.74) is 2.10. The zero-order valence-corrected chi connectivity index (χ0v) is 14.2. The van der Waals surface area contributed by atoms with Gasteiger partial charge >= 0.3 is 5.97 Å². The molecule has 0 bridgehead atoms. The van der Waals surface area contributed by atoms with Crippen LogP contribution in [0.2, 0.25) is 0 Å². The molecule has 3 rings (SSSR count). The van der Waals surface area contributed by atoms with E-state index >= 15 is 0 Å². The van der Waals surface area contributed by atoms with Crippen molar-refractivity contribution in [2.45, 2.75) is 6.92 Å². The Kier molecular flexibility index (Phi) is 4.56. The predicted octanol–water partition coefficient (Wildman–Crippen LogP) is 3.41. The highest BCUT2D eigenvalue weighted by molar-refractivity contribution is 6.00. The summed E-state index contributed by atoms with van der Waals surface area (Å²) in [5, 5.41) is 4.35. The number of esters is 1. The highest BCUT2D eigenvalue weighted by atomic mass is 19.1. The van der Waals surface area contributed by atoms with Crippen LogP contribution >= 0.6 is 0 Å². The first-order chi connectivity index (χ1) is 12.1. The summed E-state index contributed by atoms with van der Waals surface area (Å²) in [7, 11) is 3.18. The Labute approximate surface area is 144 Å². The summed E-state index contributed by atoms with van der Waals surface area (Å²) in [6.45, 7) is 1.96. The second-order valence-corrected chi connectivity index (χ2v) is 5.37. The Bertz CT molecular complexity index is 914. The van der Waals surface area contributed by atoms with Crippen molar-refractivity contribution in [3.8, 4) is 28.1 Å². The third-order valence-electron chi connectivity index (χ3n) is 3.80. The van der Waals surface area contributed by atoms with Crippen molar-refractivity contribution < 1.29 is 18.7 Å². The molecule has 3 aromatic rings. The molecule has 0 atom stereocenters. The Balaban J connectivity index is 2.23. The average Bonchev–Trinajstić information content (AvgIpc) is 3.21. The Hall–Kier alpha value is -3.09. The van der Waals surface area contributed by atoms with E-state index in [0.29, 0.717) is 22.4 Å². The average molecular weight is 343 g/mol. The van der Waals surface area contributed by atoms with Crippen LogP contribution in [-0.4, -0.2) is 34.5 Å². The fourth-order valence-corrected chi connectivity index (χ4v) is 2.69. The maximum Gasteiger partial charge on any atom is 0.355 e. The van der Waals surface area contributed by atoms with Crippen molar-refractivity contribution in [1.29, 1.82) is 0 Å². The number of aromatic amines is 1. The standard InChI is InChI=1S/C18H18FN3O3/c1-4-25-18(23)17-15(13-8-9-22(2)21-13)12(10-20-17)11-6-5-7-14(24-3)16(11)19/h5-10,20H,4H2,1-3H3. The van der Waals surface area contributed by atoms with Gasteiger partial charge in [0.25, 0.3) is 0 Å². The van der Waals surface area contributed by atoms with Gasteiger partial charge in [-0.15, -0.1) is 0 Å². The van der Waals surface area contributed by atoms with E-state index in [2.05, 4.69) is 10.1 Å². The summed E-state index contributed by atoms with van der Waals surface area (Å²) >= 11 is 0. The first kappa shape index (κ1) is 16.8. The maximum absolute atomic E-state index is 14.7. The van der Waals surface area contributed by atoms with Crippen molar-refractivity contribution in [2.75, 3.05) is 13.7 Å². The molecule has 0 unspecified atom stereocenters. The normalized spacial score (nSPS) is 10.7. The number of carbonyl (C=O) groups is 1. The fourth-order valence-electron chi connectivity index (χ4n) is 2.69. The number of rotatable bonds is 5. The van der Waals surface area contributed by atoms with Gasteiger partial charge in [0.15, 0.2) is 11.6 Å². The molecule has 0 saturated carbocycles. The van der Waals surface area contributed by atoms with Crippen LogP contribution in [0.3, 0.4) is 0 Å². The van der Waals surface area contributed by atoms with Gasteiger partial charge in [0.2, 0.25) is 0 Å². The van der Waals surface area contributed by atoms with E-state index in [1.807, 2.05) is 0 Å². The molecule has 0 amide bonds. The lowest BCUT2D eigenvalue weighted by molar-refractivity contribution is 0.0521. The summed E-state index contributed by atoms with van der Waals surface area (Å²) < 4.78 is 26.5.